The first-order valence-corrected chi connectivity index (χ1v) is 3.05. The van der Waals surface area contributed by atoms with Gasteiger partial charge in [-0.15, -0.1) is 0 Å². The molecule has 0 bridgehead atoms. The number of nitrogens with one attached hydrogen (secondary N) is 1. The summed E-state index contributed by atoms with van der Waals surface area (Å²) in [7, 11) is 0. The van der Waals surface area contributed by atoms with E-state index in [0.29, 0.717) is 0 Å². The number of anilines is 1. The highest BCUT2D eigenvalue weighted by Crippen LogP contribution is 2.04. The smallest absolute Gasteiger partial charge is 0.410 e. The average Bonchev–Trinajstić information content (AvgIpc) is 1.85. The van der Waals surface area contributed by atoms with Crippen LogP contribution in [0.5, 0.6) is 0 Å². The van der Waals surface area contributed by atoms with Crippen molar-refractivity contribution in [2.24, 2.45) is 0 Å². The highest BCUT2D eigenvalue weighted by atomic mass is 35.5. The van der Waals surface area contributed by atoms with Gasteiger partial charge in [0, 0.05) is 6.20 Å². The fourth-order valence-corrected chi connectivity index (χ4v) is 0.661. The van der Waals surface area contributed by atoms with E-state index in [-0.39, 0.29) is 11.1 Å². The number of halogens is 1. The Bertz CT molecular complexity index is 278. The molecule has 0 atom stereocenters. The molecule has 6 heteroatoms. The largest absolute Gasteiger partial charge is 0.465 e. The van der Waals surface area contributed by atoms with Crippen LogP contribution >= 0.6 is 11.6 Å². The van der Waals surface area contributed by atoms with Crippen LogP contribution in [0.3, 0.4) is 0 Å². The van der Waals surface area contributed by atoms with Crippen LogP contribution in [-0.2, 0) is 0 Å². The van der Waals surface area contributed by atoms with Crippen molar-refractivity contribution in [1.29, 1.82) is 0 Å². The predicted molar refractivity (Wildman–Crippen MR) is 38.7 cm³/mol. The fraction of sp³-hybridized carbons (Fsp3) is 0. The molecule has 1 amide bonds. The van der Waals surface area contributed by atoms with Gasteiger partial charge in [-0.25, -0.2) is 14.8 Å². The first-order chi connectivity index (χ1) is 5.18. The number of carboxylic acid groups (broad SMARTS) is 1. The topological polar surface area (TPSA) is 75.1 Å². The minimum absolute atomic E-state index is 0.0104. The van der Waals surface area contributed by atoms with E-state index in [1.807, 2.05) is 5.32 Å². The minimum Gasteiger partial charge on any atom is -0.465 e. The van der Waals surface area contributed by atoms with E-state index in [9.17, 15) is 4.79 Å². The van der Waals surface area contributed by atoms with E-state index in [4.69, 9.17) is 16.7 Å². The maximum absolute atomic E-state index is 10.1. The van der Waals surface area contributed by atoms with Crippen LogP contribution < -0.4 is 5.32 Å². The van der Waals surface area contributed by atoms with E-state index in [1.165, 1.54) is 12.3 Å². The average molecular weight is 174 g/mol. The normalized spacial score (nSPS) is 9.18. The molecule has 58 valence electrons. The van der Waals surface area contributed by atoms with Gasteiger partial charge in [0.1, 0.15) is 5.82 Å². The van der Waals surface area contributed by atoms with Crippen molar-refractivity contribution in [3.05, 3.63) is 17.5 Å². The summed E-state index contributed by atoms with van der Waals surface area (Å²) in [5, 5.41) is 10.3. The Hall–Kier alpha value is -1.36. The van der Waals surface area contributed by atoms with Crippen LogP contribution in [0.15, 0.2) is 12.3 Å². The van der Waals surface area contributed by atoms with Gasteiger partial charge in [-0.2, -0.15) is 0 Å². The summed E-state index contributed by atoms with van der Waals surface area (Å²) in [6.45, 7) is 0. The third kappa shape index (κ3) is 2.38. The number of rotatable bonds is 1. The van der Waals surface area contributed by atoms with Gasteiger partial charge in [-0.05, 0) is 17.7 Å². The zero-order valence-electron chi connectivity index (χ0n) is 5.28. The van der Waals surface area contributed by atoms with Crippen LogP contribution in [0.1, 0.15) is 0 Å². The molecule has 0 radical (unpaired) electrons. The molecule has 0 aliphatic heterocycles. The summed E-state index contributed by atoms with van der Waals surface area (Å²) in [6, 6.07) is 1.40. The van der Waals surface area contributed by atoms with Gasteiger partial charge in [-0.3, -0.25) is 5.32 Å². The van der Waals surface area contributed by atoms with Gasteiger partial charge in [0.05, 0.1) is 0 Å². The van der Waals surface area contributed by atoms with Crippen molar-refractivity contribution in [2.45, 2.75) is 0 Å². The Morgan fingerprint density at radius 1 is 1.73 bits per heavy atom. The SMILES string of the molecule is O=C(O)Nc1ccnc(Cl)n1. The predicted octanol–water partition coefficient (Wildman–Crippen LogP) is 1.22. The Morgan fingerprint density at radius 3 is 3.00 bits per heavy atom. The molecule has 0 aliphatic carbocycles. The molecule has 1 aromatic heterocycles. The van der Waals surface area contributed by atoms with Crippen molar-refractivity contribution < 1.29 is 9.90 Å². The second-order valence-electron chi connectivity index (χ2n) is 1.64. The quantitative estimate of drug-likeness (QED) is 0.626. The Labute approximate surface area is 67.0 Å². The van der Waals surface area contributed by atoms with E-state index in [2.05, 4.69) is 9.97 Å². The van der Waals surface area contributed by atoms with E-state index in [1.54, 1.807) is 0 Å². The molecule has 5 nitrogen and oxygen atoms in total. The lowest BCUT2D eigenvalue weighted by molar-refractivity contribution is 0.209. The van der Waals surface area contributed by atoms with Gasteiger partial charge in [-0.1, -0.05) is 0 Å². The second-order valence-corrected chi connectivity index (χ2v) is 1.98. The Balaban J connectivity index is 2.79. The molecule has 0 fully saturated rings. The van der Waals surface area contributed by atoms with Crippen LogP contribution in [0.25, 0.3) is 0 Å². The summed E-state index contributed by atoms with van der Waals surface area (Å²) in [5.74, 6) is 0.164. The van der Waals surface area contributed by atoms with Gasteiger partial charge in [0.15, 0.2) is 0 Å². The lowest BCUT2D eigenvalue weighted by Gasteiger charge is -1.97. The summed E-state index contributed by atoms with van der Waals surface area (Å²) >= 11 is 5.37. The maximum Gasteiger partial charge on any atom is 0.410 e. The van der Waals surface area contributed by atoms with Crippen molar-refractivity contribution >= 4 is 23.5 Å². The number of nitrogens with zero attached hydrogens (tertiary/aromatic N) is 2. The van der Waals surface area contributed by atoms with Crippen molar-refractivity contribution in [3.63, 3.8) is 0 Å². The van der Waals surface area contributed by atoms with Crippen LogP contribution in [0.4, 0.5) is 10.6 Å². The number of hydrogen-bond acceptors (Lipinski definition) is 3. The molecule has 0 spiro atoms. The molecule has 2 N–H and O–H groups in total. The van der Waals surface area contributed by atoms with Crippen molar-refractivity contribution in [3.8, 4) is 0 Å². The lowest BCUT2D eigenvalue weighted by Crippen LogP contribution is -2.08. The van der Waals surface area contributed by atoms with Gasteiger partial charge in [0.25, 0.3) is 0 Å². The molecule has 0 saturated carbocycles. The van der Waals surface area contributed by atoms with E-state index >= 15 is 0 Å². The molecule has 1 heterocycles. The van der Waals surface area contributed by atoms with Crippen molar-refractivity contribution in [2.75, 3.05) is 5.32 Å². The van der Waals surface area contributed by atoms with E-state index in [0.717, 1.165) is 0 Å². The first kappa shape index (κ1) is 7.74. The summed E-state index contributed by atoms with van der Waals surface area (Å²) in [6.07, 6.45) is 0.181. The summed E-state index contributed by atoms with van der Waals surface area (Å²) in [4.78, 5) is 17.2. The van der Waals surface area contributed by atoms with Gasteiger partial charge in [0.2, 0.25) is 5.28 Å². The second kappa shape index (κ2) is 3.16. The molecule has 0 aliphatic rings. The molecule has 1 aromatic rings. The lowest BCUT2D eigenvalue weighted by atomic mass is 10.6. The minimum atomic E-state index is -1.18. The Kier molecular flexibility index (Phi) is 2.22. The number of amides is 1. The standard InChI is InChI=1S/C5H4ClN3O2/c6-4-7-2-1-3(8-4)9-5(10)11/h1-2H,(H,10,11)(H,7,8,9). The maximum atomic E-state index is 10.1. The zero-order chi connectivity index (χ0) is 8.27. The first-order valence-electron chi connectivity index (χ1n) is 2.67. The van der Waals surface area contributed by atoms with Crippen LogP contribution in [0, 0.1) is 0 Å². The monoisotopic (exact) mass is 173 g/mol. The molecule has 1 rings (SSSR count). The molecule has 0 unspecified atom stereocenters. The van der Waals surface area contributed by atoms with Crippen LogP contribution in [0.2, 0.25) is 5.28 Å². The number of aromatic nitrogens is 2. The highest BCUT2D eigenvalue weighted by Gasteiger charge is 1.98. The summed E-state index contributed by atoms with van der Waals surface area (Å²) < 4.78 is 0. The molecule has 11 heavy (non-hydrogen) atoms. The van der Waals surface area contributed by atoms with Crippen LogP contribution in [-0.4, -0.2) is 21.2 Å². The third-order valence-electron chi connectivity index (χ3n) is 0.861. The fourth-order valence-electron chi connectivity index (χ4n) is 0.514. The number of hydrogen-bond donors (Lipinski definition) is 2. The molecular formula is C5H4ClN3O2. The molecule has 0 aromatic carbocycles. The van der Waals surface area contributed by atoms with Crippen molar-refractivity contribution in [1.82, 2.24) is 9.97 Å². The highest BCUT2D eigenvalue weighted by molar-refractivity contribution is 6.28. The zero-order valence-corrected chi connectivity index (χ0v) is 6.04. The van der Waals surface area contributed by atoms with E-state index < -0.39 is 6.09 Å². The number of carbonyl (C=O) groups is 1. The molecule has 0 saturated heterocycles. The van der Waals surface area contributed by atoms with Gasteiger partial charge >= 0.3 is 6.09 Å². The molecular weight excluding hydrogens is 170 g/mol. The van der Waals surface area contributed by atoms with Gasteiger partial charge < -0.3 is 5.11 Å². The Morgan fingerprint density at radius 2 is 2.45 bits per heavy atom. The summed E-state index contributed by atoms with van der Waals surface area (Å²) in [5.41, 5.74) is 0. The third-order valence-corrected chi connectivity index (χ3v) is 1.04.